The highest BCUT2D eigenvalue weighted by molar-refractivity contribution is 5.96. The molecule has 0 spiro atoms. The Hall–Kier alpha value is -4.74. The van der Waals surface area contributed by atoms with Crippen molar-refractivity contribution in [1.82, 2.24) is 9.97 Å². The average molecular weight is 562 g/mol. The lowest BCUT2D eigenvalue weighted by Gasteiger charge is -2.09. The highest BCUT2D eigenvalue weighted by atomic mass is 19.4. The zero-order chi connectivity index (χ0) is 29.5. The molecule has 0 saturated carbocycles. The lowest BCUT2D eigenvalue weighted by molar-refractivity contribution is -0.138. The minimum absolute atomic E-state index is 0.203. The lowest BCUT2D eigenvalue weighted by atomic mass is 10.0. The Morgan fingerprint density at radius 2 is 0.900 bits per heavy atom. The lowest BCUT2D eigenvalue weighted by Crippen LogP contribution is -2.06. The molecule has 0 aliphatic rings. The van der Waals surface area contributed by atoms with Gasteiger partial charge in [-0.1, -0.05) is 24.3 Å². The summed E-state index contributed by atoms with van der Waals surface area (Å²) in [7, 11) is 2.46. The van der Waals surface area contributed by atoms with E-state index in [2.05, 4.69) is 19.4 Å². The molecule has 4 rings (SSSR count). The molecule has 0 amide bonds. The molecule has 0 N–H and O–H groups in total. The van der Waals surface area contributed by atoms with E-state index in [0.717, 1.165) is 24.3 Å². The van der Waals surface area contributed by atoms with Crippen molar-refractivity contribution >= 4 is 11.9 Å². The Morgan fingerprint density at radius 3 is 1.18 bits per heavy atom. The van der Waals surface area contributed by atoms with Gasteiger partial charge >= 0.3 is 24.3 Å². The molecule has 0 unspecified atom stereocenters. The first-order valence-corrected chi connectivity index (χ1v) is 11.3. The van der Waals surface area contributed by atoms with Crippen LogP contribution in [0.2, 0.25) is 0 Å². The Morgan fingerprint density at radius 1 is 0.575 bits per heavy atom. The second-order valence-corrected chi connectivity index (χ2v) is 7.93. The van der Waals surface area contributed by atoms with Crippen LogP contribution in [0.15, 0.2) is 85.2 Å². The van der Waals surface area contributed by atoms with Crippen LogP contribution >= 0.6 is 0 Å². The number of methoxy groups -OCH3 is 2. The van der Waals surface area contributed by atoms with Crippen molar-refractivity contribution in [3.8, 4) is 22.5 Å². The molecule has 0 aliphatic heterocycles. The van der Waals surface area contributed by atoms with Gasteiger partial charge in [-0.05, 0) is 48.5 Å². The zero-order valence-electron chi connectivity index (χ0n) is 20.9. The van der Waals surface area contributed by atoms with E-state index in [1.54, 1.807) is 12.1 Å². The molecule has 2 aromatic heterocycles. The van der Waals surface area contributed by atoms with Crippen LogP contribution in [-0.4, -0.2) is 36.1 Å². The summed E-state index contributed by atoms with van der Waals surface area (Å²) in [4.78, 5) is 31.2. The number of rotatable bonds is 4. The van der Waals surface area contributed by atoms with Crippen LogP contribution in [0.4, 0.5) is 26.3 Å². The molecule has 4 aromatic rings. The Kier molecular flexibility index (Phi) is 9.25. The number of carbonyl (C=O) groups excluding carboxylic acids is 2. The van der Waals surface area contributed by atoms with Gasteiger partial charge in [-0.25, -0.2) is 9.59 Å². The van der Waals surface area contributed by atoms with Gasteiger partial charge in [0.25, 0.3) is 0 Å². The molecule has 0 fully saturated rings. The number of esters is 2. The van der Waals surface area contributed by atoms with Crippen molar-refractivity contribution in [2.45, 2.75) is 12.4 Å². The Balaban J connectivity index is 0.000000220. The number of carbonyl (C=O) groups is 2. The van der Waals surface area contributed by atoms with Gasteiger partial charge in [-0.2, -0.15) is 26.3 Å². The summed E-state index contributed by atoms with van der Waals surface area (Å²) >= 11 is 0. The van der Waals surface area contributed by atoms with Crippen LogP contribution in [0.1, 0.15) is 31.8 Å². The van der Waals surface area contributed by atoms with E-state index in [1.807, 2.05) is 0 Å². The third-order valence-corrected chi connectivity index (χ3v) is 5.40. The molecule has 2 heterocycles. The minimum Gasteiger partial charge on any atom is -0.465 e. The van der Waals surface area contributed by atoms with E-state index in [0.29, 0.717) is 11.1 Å². The average Bonchev–Trinajstić information content (AvgIpc) is 2.96. The fourth-order valence-electron chi connectivity index (χ4n) is 3.45. The van der Waals surface area contributed by atoms with Crippen LogP contribution in [-0.2, 0) is 21.8 Å². The van der Waals surface area contributed by atoms with Crippen LogP contribution in [0, 0.1) is 0 Å². The maximum absolute atomic E-state index is 12.5. The van der Waals surface area contributed by atoms with Gasteiger partial charge in [-0.3, -0.25) is 9.97 Å². The molecule has 12 heteroatoms. The predicted molar refractivity (Wildman–Crippen MR) is 132 cm³/mol. The first-order valence-electron chi connectivity index (χ1n) is 11.3. The zero-order valence-corrected chi connectivity index (χ0v) is 20.9. The van der Waals surface area contributed by atoms with Crippen LogP contribution in [0.5, 0.6) is 0 Å². The van der Waals surface area contributed by atoms with E-state index < -0.39 is 35.4 Å². The molecular formula is C28H20F6N2O4. The minimum atomic E-state index is -4.40. The summed E-state index contributed by atoms with van der Waals surface area (Å²) < 4.78 is 84.2. The van der Waals surface area contributed by atoms with Crippen LogP contribution < -0.4 is 0 Å². The van der Waals surface area contributed by atoms with Gasteiger partial charge < -0.3 is 9.47 Å². The smallest absolute Gasteiger partial charge is 0.416 e. The predicted octanol–water partition coefficient (Wildman–Crippen LogP) is 7.11. The first kappa shape index (κ1) is 29.8. The second-order valence-electron chi connectivity index (χ2n) is 7.93. The molecule has 40 heavy (non-hydrogen) atoms. The van der Waals surface area contributed by atoms with E-state index >= 15 is 0 Å². The number of hydrogen-bond donors (Lipinski definition) is 0. The van der Waals surface area contributed by atoms with E-state index in [1.165, 1.54) is 63.0 Å². The maximum atomic E-state index is 12.5. The summed E-state index contributed by atoms with van der Waals surface area (Å²) in [6.07, 6.45) is -5.87. The molecule has 0 radical (unpaired) electrons. The molecule has 0 aliphatic carbocycles. The third-order valence-electron chi connectivity index (χ3n) is 5.40. The Bertz CT molecular complexity index is 1360. The highest BCUT2D eigenvalue weighted by Gasteiger charge is 2.31. The number of benzene rings is 2. The van der Waals surface area contributed by atoms with Crippen molar-refractivity contribution in [3.05, 3.63) is 107 Å². The molecule has 6 nitrogen and oxygen atoms in total. The van der Waals surface area contributed by atoms with Crippen molar-refractivity contribution in [2.75, 3.05) is 14.2 Å². The van der Waals surface area contributed by atoms with Gasteiger partial charge in [0.2, 0.25) is 0 Å². The summed E-state index contributed by atoms with van der Waals surface area (Å²) in [5.74, 6) is -1.18. The molecule has 0 bridgehead atoms. The number of ether oxygens (including phenoxy) is 2. The first-order chi connectivity index (χ1) is 18.9. The third kappa shape index (κ3) is 7.22. The van der Waals surface area contributed by atoms with Crippen LogP contribution in [0.3, 0.4) is 0 Å². The normalized spacial score (nSPS) is 11.2. The quantitative estimate of drug-likeness (QED) is 0.195. The number of aromatic nitrogens is 2. The molecule has 2 aromatic carbocycles. The van der Waals surface area contributed by atoms with Gasteiger partial charge in [0.1, 0.15) is 0 Å². The fraction of sp³-hybridized carbons (Fsp3) is 0.143. The Labute approximate surface area is 224 Å². The van der Waals surface area contributed by atoms with Crippen molar-refractivity contribution in [3.63, 3.8) is 0 Å². The highest BCUT2D eigenvalue weighted by Crippen LogP contribution is 2.32. The summed E-state index contributed by atoms with van der Waals surface area (Å²) in [5, 5.41) is 0. The molecule has 0 atom stereocenters. The summed E-state index contributed by atoms with van der Waals surface area (Å²) in [5.41, 5.74) is 0.303. The van der Waals surface area contributed by atoms with Crippen molar-refractivity contribution < 1.29 is 45.4 Å². The standard InChI is InChI=1S/2C14H10F3NO2/c2*1-20-13(19)11-3-2-8-18-12(11)9-4-6-10(7-5-9)14(15,16)17/h2*2-8H,1H3. The number of halogens is 6. The number of hydrogen-bond acceptors (Lipinski definition) is 6. The number of nitrogens with zero attached hydrogens (tertiary/aromatic N) is 2. The van der Waals surface area contributed by atoms with E-state index in [9.17, 15) is 35.9 Å². The number of pyridine rings is 2. The molecular weight excluding hydrogens is 542 g/mol. The monoisotopic (exact) mass is 562 g/mol. The number of alkyl halides is 6. The maximum Gasteiger partial charge on any atom is 0.416 e. The molecule has 0 saturated heterocycles. The topological polar surface area (TPSA) is 78.4 Å². The van der Waals surface area contributed by atoms with Crippen molar-refractivity contribution in [2.24, 2.45) is 0 Å². The second kappa shape index (κ2) is 12.4. The van der Waals surface area contributed by atoms with E-state index in [4.69, 9.17) is 0 Å². The van der Waals surface area contributed by atoms with Crippen molar-refractivity contribution in [1.29, 1.82) is 0 Å². The van der Waals surface area contributed by atoms with E-state index in [-0.39, 0.29) is 22.5 Å². The molecule has 208 valence electrons. The SMILES string of the molecule is COC(=O)c1cccnc1-c1ccc(C(F)(F)F)cc1.COC(=O)c1cccnc1-c1ccc(C(F)(F)F)cc1. The fourth-order valence-corrected chi connectivity index (χ4v) is 3.45. The van der Waals surface area contributed by atoms with Crippen LogP contribution in [0.25, 0.3) is 22.5 Å². The van der Waals surface area contributed by atoms with Gasteiger partial charge in [0.15, 0.2) is 0 Å². The van der Waals surface area contributed by atoms with Gasteiger partial charge in [0, 0.05) is 23.5 Å². The van der Waals surface area contributed by atoms with Gasteiger partial charge in [-0.15, -0.1) is 0 Å². The summed E-state index contributed by atoms with van der Waals surface area (Å²) in [6, 6.07) is 15.0. The summed E-state index contributed by atoms with van der Waals surface area (Å²) in [6.45, 7) is 0. The largest absolute Gasteiger partial charge is 0.465 e. The van der Waals surface area contributed by atoms with Gasteiger partial charge in [0.05, 0.1) is 47.9 Å².